The van der Waals surface area contributed by atoms with Crippen LogP contribution >= 0.6 is 0 Å². The lowest BCUT2D eigenvalue weighted by Crippen LogP contribution is -2.31. The molecule has 1 heterocycles. The number of dihydropyridines is 1. The Labute approximate surface area is 151 Å². The number of allylic oxidation sites excluding steroid dienone is 1. The van der Waals surface area contributed by atoms with Gasteiger partial charge in [0.15, 0.2) is 0 Å². The van der Waals surface area contributed by atoms with Gasteiger partial charge in [-0.25, -0.2) is 17.9 Å². The molecule has 1 atom stereocenters. The van der Waals surface area contributed by atoms with Crippen LogP contribution in [0.2, 0.25) is 0 Å². The molecule has 2 N–H and O–H groups in total. The van der Waals surface area contributed by atoms with Gasteiger partial charge in [-0.05, 0) is 47.9 Å². The van der Waals surface area contributed by atoms with Crippen molar-refractivity contribution >= 4 is 16.2 Å². The Morgan fingerprint density at radius 2 is 1.92 bits per heavy atom. The molecule has 0 aliphatic carbocycles. The highest BCUT2D eigenvalue weighted by Gasteiger charge is 2.34. The van der Waals surface area contributed by atoms with Gasteiger partial charge in [-0.1, -0.05) is 24.3 Å². The zero-order chi connectivity index (χ0) is 18.9. The smallest absolute Gasteiger partial charge is 0.240 e. The maximum Gasteiger partial charge on any atom is 0.240 e. The maximum atomic E-state index is 14.4. The number of halogens is 1. The van der Waals surface area contributed by atoms with Gasteiger partial charge in [-0.15, -0.1) is 0 Å². The minimum absolute atomic E-state index is 0.336. The first-order valence-corrected chi connectivity index (χ1v) is 9.34. The Bertz CT molecular complexity index is 1080. The van der Waals surface area contributed by atoms with Gasteiger partial charge in [0.1, 0.15) is 10.7 Å². The van der Waals surface area contributed by atoms with Gasteiger partial charge >= 0.3 is 0 Å². The molecule has 0 saturated heterocycles. The largest absolute Gasteiger partial charge is 0.292 e. The van der Waals surface area contributed by atoms with Crippen LogP contribution in [0.3, 0.4) is 0 Å². The molecule has 1 aliphatic heterocycles. The average Bonchev–Trinajstić information content (AvgIpc) is 2.61. The summed E-state index contributed by atoms with van der Waals surface area (Å²) in [5.74, 6) is -0.905. The summed E-state index contributed by atoms with van der Waals surface area (Å²) in [5, 5.41) is 14.2. The lowest BCUT2D eigenvalue weighted by atomic mass is 9.73. The Hall–Kier alpha value is -2.82. The summed E-state index contributed by atoms with van der Waals surface area (Å²) in [6.07, 6.45) is 5.32. The Balaban J connectivity index is 2.21. The van der Waals surface area contributed by atoms with E-state index in [4.69, 9.17) is 10.4 Å². The van der Waals surface area contributed by atoms with Crippen LogP contribution in [-0.2, 0) is 15.4 Å². The van der Waals surface area contributed by atoms with Crippen molar-refractivity contribution < 1.29 is 12.8 Å². The highest BCUT2D eigenvalue weighted by molar-refractivity contribution is 7.89. The second-order valence-corrected chi connectivity index (χ2v) is 7.68. The molecule has 0 spiro atoms. The van der Waals surface area contributed by atoms with Gasteiger partial charge in [0.2, 0.25) is 10.0 Å². The summed E-state index contributed by atoms with van der Waals surface area (Å²) >= 11 is 0. The number of nitrogens with two attached hydrogens (primary N) is 1. The molecular formula is C19H16FN3O2S. The quantitative estimate of drug-likeness (QED) is 0.900. The third-order valence-electron chi connectivity index (χ3n) is 4.53. The van der Waals surface area contributed by atoms with Crippen molar-refractivity contribution in [3.8, 4) is 6.07 Å². The first kappa shape index (κ1) is 18.0. The van der Waals surface area contributed by atoms with Crippen molar-refractivity contribution in [2.45, 2.75) is 17.2 Å². The first-order chi connectivity index (χ1) is 12.3. The van der Waals surface area contributed by atoms with E-state index >= 15 is 0 Å². The number of nitriles is 1. The maximum absolute atomic E-state index is 14.4. The summed E-state index contributed by atoms with van der Waals surface area (Å²) in [5.41, 5.74) is 1.99. The monoisotopic (exact) mass is 369 g/mol. The minimum Gasteiger partial charge on any atom is -0.292 e. The lowest BCUT2D eigenvalue weighted by molar-refractivity contribution is 0.561. The number of aliphatic imine (C=N–C) groups is 1. The average molecular weight is 369 g/mol. The number of benzene rings is 2. The fraction of sp³-hybridized carbons (Fsp3) is 0.158. The van der Waals surface area contributed by atoms with E-state index in [1.54, 1.807) is 24.4 Å². The van der Waals surface area contributed by atoms with E-state index < -0.39 is 26.2 Å². The van der Waals surface area contributed by atoms with Crippen molar-refractivity contribution in [3.05, 3.63) is 76.6 Å². The standard InChI is InChI=1S/C19H16FN3O2S/c1-13-9-15(4-3-14(13)11-21)19(7-2-8-23-12-19)16-5-6-18(17(20)10-16)26(22,24)25/h2-10H,12H2,1H3,(H2,22,24,25). The van der Waals surface area contributed by atoms with Crippen LogP contribution in [0.15, 0.2) is 58.4 Å². The van der Waals surface area contributed by atoms with E-state index in [1.165, 1.54) is 12.1 Å². The van der Waals surface area contributed by atoms with Crippen LogP contribution < -0.4 is 5.14 Å². The fourth-order valence-electron chi connectivity index (χ4n) is 3.13. The first-order valence-electron chi connectivity index (χ1n) is 7.80. The number of primary sulfonamides is 1. The Morgan fingerprint density at radius 3 is 2.46 bits per heavy atom. The van der Waals surface area contributed by atoms with Crippen LogP contribution in [0.1, 0.15) is 22.3 Å². The third-order valence-corrected chi connectivity index (χ3v) is 5.47. The molecule has 1 aliphatic rings. The fourth-order valence-corrected chi connectivity index (χ4v) is 3.72. The predicted molar refractivity (Wildman–Crippen MR) is 96.9 cm³/mol. The van der Waals surface area contributed by atoms with Crippen LogP contribution in [0.4, 0.5) is 4.39 Å². The van der Waals surface area contributed by atoms with Gasteiger partial charge in [0.25, 0.3) is 0 Å². The molecule has 0 aromatic heterocycles. The molecule has 2 aromatic rings. The normalized spacial score (nSPS) is 19.3. The molecule has 0 fully saturated rings. The topological polar surface area (TPSA) is 96.3 Å². The minimum atomic E-state index is -4.14. The lowest BCUT2D eigenvalue weighted by Gasteiger charge is -2.32. The second kappa shape index (κ2) is 6.48. The van der Waals surface area contributed by atoms with Crippen LogP contribution in [0.25, 0.3) is 0 Å². The van der Waals surface area contributed by atoms with Crippen molar-refractivity contribution in [1.82, 2.24) is 0 Å². The molecular weight excluding hydrogens is 353 g/mol. The molecule has 5 nitrogen and oxygen atoms in total. The van der Waals surface area contributed by atoms with Gasteiger partial charge in [0.05, 0.1) is 23.6 Å². The summed E-state index contributed by atoms with van der Waals surface area (Å²) < 4.78 is 37.4. The molecule has 132 valence electrons. The molecule has 26 heavy (non-hydrogen) atoms. The molecule has 3 rings (SSSR count). The number of hydrogen-bond donors (Lipinski definition) is 1. The molecule has 1 unspecified atom stereocenters. The van der Waals surface area contributed by atoms with Gasteiger partial charge in [0, 0.05) is 6.21 Å². The number of nitrogens with zero attached hydrogens (tertiary/aromatic N) is 2. The van der Waals surface area contributed by atoms with E-state index in [1.807, 2.05) is 25.1 Å². The molecule has 0 saturated carbocycles. The van der Waals surface area contributed by atoms with Crippen molar-refractivity contribution in [1.29, 1.82) is 5.26 Å². The number of aryl methyl sites for hydroxylation is 1. The highest BCUT2D eigenvalue weighted by Crippen LogP contribution is 2.37. The number of sulfonamides is 1. The number of rotatable bonds is 3. The van der Waals surface area contributed by atoms with Crippen molar-refractivity contribution in [2.75, 3.05) is 6.54 Å². The zero-order valence-electron chi connectivity index (χ0n) is 14.0. The SMILES string of the molecule is Cc1cc(C2(c3ccc(S(N)(=O)=O)c(F)c3)C=CC=NC2)ccc1C#N. The zero-order valence-corrected chi connectivity index (χ0v) is 14.8. The predicted octanol–water partition coefficient (Wildman–Crippen LogP) is 2.58. The van der Waals surface area contributed by atoms with E-state index in [0.717, 1.165) is 11.1 Å². The third kappa shape index (κ3) is 3.05. The van der Waals surface area contributed by atoms with Crippen LogP contribution in [0, 0.1) is 24.1 Å². The van der Waals surface area contributed by atoms with E-state index in [0.29, 0.717) is 17.7 Å². The second-order valence-electron chi connectivity index (χ2n) is 6.15. The van der Waals surface area contributed by atoms with E-state index in [2.05, 4.69) is 11.1 Å². The molecule has 0 bridgehead atoms. The molecule has 7 heteroatoms. The molecule has 0 radical (unpaired) electrons. The van der Waals surface area contributed by atoms with Crippen LogP contribution in [-0.4, -0.2) is 21.2 Å². The Morgan fingerprint density at radius 1 is 1.23 bits per heavy atom. The summed E-state index contributed by atoms with van der Waals surface area (Å²) in [6, 6.07) is 11.4. The highest BCUT2D eigenvalue weighted by atomic mass is 32.2. The summed E-state index contributed by atoms with van der Waals surface area (Å²) in [6.45, 7) is 2.17. The summed E-state index contributed by atoms with van der Waals surface area (Å²) in [4.78, 5) is 3.77. The van der Waals surface area contributed by atoms with Crippen molar-refractivity contribution in [3.63, 3.8) is 0 Å². The number of hydrogen-bond acceptors (Lipinski definition) is 4. The molecule has 0 amide bonds. The molecule has 2 aromatic carbocycles. The van der Waals surface area contributed by atoms with Crippen LogP contribution in [0.5, 0.6) is 0 Å². The van der Waals surface area contributed by atoms with Gasteiger partial charge in [-0.3, -0.25) is 4.99 Å². The van der Waals surface area contributed by atoms with Gasteiger partial charge in [-0.2, -0.15) is 5.26 Å². The van der Waals surface area contributed by atoms with Gasteiger partial charge < -0.3 is 0 Å². The van der Waals surface area contributed by atoms with E-state index in [-0.39, 0.29) is 0 Å². The van der Waals surface area contributed by atoms with E-state index in [9.17, 15) is 12.8 Å². The Kier molecular flexibility index (Phi) is 4.48. The van der Waals surface area contributed by atoms with Crippen molar-refractivity contribution in [2.24, 2.45) is 10.1 Å². The summed E-state index contributed by atoms with van der Waals surface area (Å²) in [7, 11) is -4.14.